The van der Waals surface area contributed by atoms with Crippen LogP contribution in [0.3, 0.4) is 0 Å². The van der Waals surface area contributed by atoms with E-state index < -0.39 is 0 Å². The van der Waals surface area contributed by atoms with Crippen molar-refractivity contribution >= 4 is 39.6 Å². The molecule has 0 saturated heterocycles. The van der Waals surface area contributed by atoms with Gasteiger partial charge in [-0.15, -0.1) is 22.1 Å². The molecular formula is C19H30BrN3OS. The molecule has 4 nitrogen and oxygen atoms in total. The third-order valence-electron chi connectivity index (χ3n) is 4.04. The molecule has 1 aromatic rings. The Morgan fingerprint density at radius 1 is 0.960 bits per heavy atom. The van der Waals surface area contributed by atoms with Gasteiger partial charge < -0.3 is 10.0 Å². The van der Waals surface area contributed by atoms with Crippen LogP contribution in [0, 0.1) is 0 Å². The Labute approximate surface area is 166 Å². The minimum atomic E-state index is -0.138. The number of thioether (sulfide) groups is 1. The van der Waals surface area contributed by atoms with Gasteiger partial charge >= 0.3 is 0 Å². The smallest absolute Gasteiger partial charge is 0.185 e. The summed E-state index contributed by atoms with van der Waals surface area (Å²) in [6.07, 6.45) is 0. The van der Waals surface area contributed by atoms with Gasteiger partial charge in [0, 0.05) is 31.0 Å². The van der Waals surface area contributed by atoms with Crippen molar-refractivity contribution in [2.45, 2.75) is 52.4 Å². The SMILES string of the molecule is Br.CN(C)C1=NN=C(c2cc(C(C)(C)C)c(O)c(C(C)(C)C)c2)CS1. The zero-order valence-corrected chi connectivity index (χ0v) is 19.0. The van der Waals surface area contributed by atoms with Crippen molar-refractivity contribution in [3.63, 3.8) is 0 Å². The van der Waals surface area contributed by atoms with Gasteiger partial charge in [-0.2, -0.15) is 5.10 Å². The normalized spacial score (nSPS) is 15.2. The fourth-order valence-electron chi connectivity index (χ4n) is 2.60. The largest absolute Gasteiger partial charge is 0.507 e. The van der Waals surface area contributed by atoms with Gasteiger partial charge in [0.2, 0.25) is 0 Å². The van der Waals surface area contributed by atoms with E-state index in [4.69, 9.17) is 0 Å². The first-order valence-electron chi connectivity index (χ1n) is 8.24. The Bertz CT molecular complexity index is 663. The third kappa shape index (κ3) is 5.00. The van der Waals surface area contributed by atoms with Crippen LogP contribution in [0.25, 0.3) is 0 Å². The van der Waals surface area contributed by atoms with Gasteiger partial charge in [0.05, 0.1) is 5.71 Å². The fraction of sp³-hybridized carbons (Fsp3) is 0.579. The second-order valence-electron chi connectivity index (χ2n) is 8.53. The monoisotopic (exact) mass is 427 g/mol. The maximum atomic E-state index is 10.8. The van der Waals surface area contributed by atoms with Crippen LogP contribution in [-0.2, 0) is 10.8 Å². The maximum Gasteiger partial charge on any atom is 0.185 e. The highest BCUT2D eigenvalue weighted by atomic mass is 79.9. The van der Waals surface area contributed by atoms with Crippen LogP contribution in [0.5, 0.6) is 5.75 Å². The maximum absolute atomic E-state index is 10.8. The Kier molecular flexibility index (Phi) is 6.79. The molecule has 1 N–H and O–H groups in total. The zero-order chi connectivity index (χ0) is 18.3. The molecule has 25 heavy (non-hydrogen) atoms. The predicted octanol–water partition coefficient (Wildman–Crippen LogP) is 4.93. The molecule has 0 aromatic heterocycles. The van der Waals surface area contributed by atoms with Crippen molar-refractivity contribution in [3.8, 4) is 5.75 Å². The molecule has 1 heterocycles. The lowest BCUT2D eigenvalue weighted by Crippen LogP contribution is -2.24. The molecule has 2 rings (SSSR count). The Hall–Kier alpha value is -1.01. The summed E-state index contributed by atoms with van der Waals surface area (Å²) in [7, 11) is 3.95. The van der Waals surface area contributed by atoms with Gasteiger partial charge in [-0.1, -0.05) is 53.3 Å². The number of hydrogen-bond acceptors (Lipinski definition) is 5. The van der Waals surface area contributed by atoms with Crippen LogP contribution < -0.4 is 0 Å². The van der Waals surface area contributed by atoms with Gasteiger partial charge in [0.1, 0.15) is 5.75 Å². The standard InChI is InChI=1S/C19H29N3OS.BrH/c1-18(2,3)13-9-12(10-14(16(13)23)19(4,5)6)15-11-24-17(21-20-15)22(7)8;/h9-10,23H,11H2,1-8H3;1H. The Balaban J connectivity index is 0.00000312. The van der Waals surface area contributed by atoms with E-state index in [0.29, 0.717) is 5.75 Å². The van der Waals surface area contributed by atoms with Gasteiger partial charge in [-0.25, -0.2) is 0 Å². The topological polar surface area (TPSA) is 48.2 Å². The Morgan fingerprint density at radius 2 is 1.44 bits per heavy atom. The summed E-state index contributed by atoms with van der Waals surface area (Å²) >= 11 is 1.69. The first-order valence-corrected chi connectivity index (χ1v) is 9.23. The van der Waals surface area contributed by atoms with E-state index >= 15 is 0 Å². The molecule has 0 saturated carbocycles. The number of phenolic OH excluding ortho intramolecular Hbond substituents is 1. The molecule has 1 aromatic carbocycles. The lowest BCUT2D eigenvalue weighted by atomic mass is 9.78. The molecule has 0 atom stereocenters. The number of halogens is 1. The highest BCUT2D eigenvalue weighted by molar-refractivity contribution is 8.93. The number of aromatic hydroxyl groups is 1. The van der Waals surface area contributed by atoms with Gasteiger partial charge in [0.25, 0.3) is 0 Å². The summed E-state index contributed by atoms with van der Waals surface area (Å²) < 4.78 is 0. The van der Waals surface area contributed by atoms with Crippen LogP contribution >= 0.6 is 28.7 Å². The molecule has 1 aliphatic heterocycles. The molecule has 0 bridgehead atoms. The van der Waals surface area contributed by atoms with Crippen LogP contribution in [0.15, 0.2) is 22.3 Å². The molecular weight excluding hydrogens is 398 g/mol. The lowest BCUT2D eigenvalue weighted by Gasteiger charge is -2.28. The van der Waals surface area contributed by atoms with Crippen LogP contribution in [0.4, 0.5) is 0 Å². The first-order chi connectivity index (χ1) is 10.9. The Morgan fingerprint density at radius 3 is 1.76 bits per heavy atom. The summed E-state index contributed by atoms with van der Waals surface area (Å²) in [6, 6.07) is 4.14. The lowest BCUT2D eigenvalue weighted by molar-refractivity contribution is 0.423. The predicted molar refractivity (Wildman–Crippen MR) is 116 cm³/mol. The minimum Gasteiger partial charge on any atom is -0.507 e. The minimum absolute atomic E-state index is 0. The first kappa shape index (κ1) is 22.0. The number of nitrogens with zero attached hydrogens (tertiary/aromatic N) is 3. The second-order valence-corrected chi connectivity index (χ2v) is 9.47. The molecule has 0 fully saturated rings. The van der Waals surface area contributed by atoms with E-state index in [1.807, 2.05) is 19.0 Å². The van der Waals surface area contributed by atoms with Crippen LogP contribution in [0.1, 0.15) is 58.2 Å². The van der Waals surface area contributed by atoms with Crippen molar-refractivity contribution in [2.24, 2.45) is 10.2 Å². The third-order valence-corrected chi connectivity index (χ3v) is 5.16. The fourth-order valence-corrected chi connectivity index (χ4v) is 3.44. The average Bonchev–Trinajstić information content (AvgIpc) is 2.45. The molecule has 6 heteroatoms. The van der Waals surface area contributed by atoms with Gasteiger partial charge in [-0.3, -0.25) is 0 Å². The highest BCUT2D eigenvalue weighted by Crippen LogP contribution is 2.40. The molecule has 140 valence electrons. The van der Waals surface area contributed by atoms with E-state index in [-0.39, 0.29) is 27.8 Å². The molecule has 0 radical (unpaired) electrons. The zero-order valence-electron chi connectivity index (χ0n) is 16.5. The summed E-state index contributed by atoms with van der Waals surface area (Å²) in [5.74, 6) is 1.19. The van der Waals surface area contributed by atoms with Crippen molar-refractivity contribution < 1.29 is 5.11 Å². The van der Waals surface area contributed by atoms with Crippen molar-refractivity contribution in [2.75, 3.05) is 19.8 Å². The van der Waals surface area contributed by atoms with Crippen molar-refractivity contribution in [1.82, 2.24) is 4.90 Å². The van der Waals surface area contributed by atoms with Crippen molar-refractivity contribution in [1.29, 1.82) is 0 Å². The number of hydrogen-bond donors (Lipinski definition) is 1. The van der Waals surface area contributed by atoms with E-state index in [2.05, 4.69) is 63.9 Å². The van der Waals surface area contributed by atoms with E-state index in [0.717, 1.165) is 33.3 Å². The number of amidine groups is 1. The second kappa shape index (κ2) is 7.70. The van der Waals surface area contributed by atoms with Crippen LogP contribution in [-0.4, -0.2) is 40.7 Å². The molecule has 0 amide bonds. The van der Waals surface area contributed by atoms with Crippen molar-refractivity contribution in [3.05, 3.63) is 28.8 Å². The quantitative estimate of drug-likeness (QED) is 0.690. The molecule has 0 aliphatic carbocycles. The molecule has 1 aliphatic rings. The average molecular weight is 428 g/mol. The number of rotatable bonds is 1. The summed E-state index contributed by atoms with van der Waals surface area (Å²) in [6.45, 7) is 12.7. The summed E-state index contributed by atoms with van der Waals surface area (Å²) in [5.41, 5.74) is 3.65. The summed E-state index contributed by atoms with van der Waals surface area (Å²) in [5, 5.41) is 20.5. The van der Waals surface area contributed by atoms with Gasteiger partial charge in [-0.05, 0) is 28.5 Å². The van der Waals surface area contributed by atoms with E-state index in [1.165, 1.54) is 0 Å². The number of phenols is 1. The highest BCUT2D eigenvalue weighted by Gasteiger charge is 2.28. The molecule has 0 unspecified atom stereocenters. The van der Waals surface area contributed by atoms with Crippen LogP contribution in [0.2, 0.25) is 0 Å². The summed E-state index contributed by atoms with van der Waals surface area (Å²) in [4.78, 5) is 1.98. The van der Waals surface area contributed by atoms with Gasteiger partial charge in [0.15, 0.2) is 5.17 Å². The number of benzene rings is 1. The van der Waals surface area contributed by atoms with E-state index in [1.54, 1.807) is 11.8 Å². The molecule has 0 spiro atoms. The van der Waals surface area contributed by atoms with E-state index in [9.17, 15) is 5.11 Å².